The van der Waals surface area contributed by atoms with E-state index in [-0.39, 0.29) is 12.4 Å². The van der Waals surface area contributed by atoms with E-state index in [0.29, 0.717) is 17.5 Å². The summed E-state index contributed by atoms with van der Waals surface area (Å²) in [5.41, 5.74) is 10.6. The number of aromatic nitrogens is 1. The first-order valence-electron chi connectivity index (χ1n) is 5.88. The molecule has 0 bridgehead atoms. The van der Waals surface area contributed by atoms with Gasteiger partial charge in [0.05, 0.1) is 17.2 Å². The fourth-order valence-corrected chi connectivity index (χ4v) is 2.44. The Morgan fingerprint density at radius 1 is 1.42 bits per heavy atom. The number of aryl methyl sites for hydroxylation is 3. The Hall–Kier alpha value is -1.91. The number of azide groups is 1. The lowest BCUT2D eigenvalue weighted by Gasteiger charge is -2.04. The second-order valence-corrected chi connectivity index (χ2v) is 5.23. The van der Waals surface area contributed by atoms with Crippen LogP contribution >= 0.6 is 11.3 Å². The van der Waals surface area contributed by atoms with Crippen molar-refractivity contribution in [1.29, 1.82) is 0 Å². The standard InChI is InChI=1S/C13H13FN4S/c1-9-17-12(8-19-9)5-4-11-3-2-10(6-13(11)14)7-16-18-15/h2-3,6,8H,4-5,7H2,1H3. The Balaban J connectivity index is 2.02. The van der Waals surface area contributed by atoms with E-state index >= 15 is 0 Å². The normalized spacial score (nSPS) is 10.2. The molecule has 0 radical (unpaired) electrons. The van der Waals surface area contributed by atoms with Crippen molar-refractivity contribution >= 4 is 11.3 Å². The Morgan fingerprint density at radius 3 is 2.89 bits per heavy atom. The Morgan fingerprint density at radius 2 is 2.26 bits per heavy atom. The van der Waals surface area contributed by atoms with Gasteiger partial charge in [-0.05, 0) is 42.5 Å². The van der Waals surface area contributed by atoms with Crippen molar-refractivity contribution in [2.24, 2.45) is 5.11 Å². The fraction of sp³-hybridized carbons (Fsp3) is 0.308. The first-order valence-corrected chi connectivity index (χ1v) is 6.76. The number of hydrogen-bond donors (Lipinski definition) is 0. The van der Waals surface area contributed by atoms with E-state index in [4.69, 9.17) is 5.53 Å². The highest BCUT2D eigenvalue weighted by Crippen LogP contribution is 2.15. The number of thiazole rings is 1. The zero-order valence-corrected chi connectivity index (χ0v) is 11.3. The minimum atomic E-state index is -0.252. The van der Waals surface area contributed by atoms with Gasteiger partial charge in [0.25, 0.3) is 0 Å². The lowest BCUT2D eigenvalue weighted by Crippen LogP contribution is -1.96. The van der Waals surface area contributed by atoms with Crippen molar-refractivity contribution in [1.82, 2.24) is 4.98 Å². The molecule has 0 aliphatic carbocycles. The largest absolute Gasteiger partial charge is 0.247 e. The van der Waals surface area contributed by atoms with Crippen LogP contribution in [0.2, 0.25) is 0 Å². The Bertz CT molecular complexity index is 617. The van der Waals surface area contributed by atoms with Gasteiger partial charge in [0.2, 0.25) is 0 Å². The van der Waals surface area contributed by atoms with Crippen LogP contribution in [0.25, 0.3) is 10.4 Å². The van der Waals surface area contributed by atoms with Crippen LogP contribution in [-0.4, -0.2) is 4.98 Å². The van der Waals surface area contributed by atoms with Crippen molar-refractivity contribution in [3.63, 3.8) is 0 Å². The monoisotopic (exact) mass is 276 g/mol. The van der Waals surface area contributed by atoms with Crippen molar-refractivity contribution in [3.05, 3.63) is 61.7 Å². The lowest BCUT2D eigenvalue weighted by atomic mass is 10.1. The first-order chi connectivity index (χ1) is 9.19. The molecular weight excluding hydrogens is 263 g/mol. The Labute approximate surface area is 114 Å². The highest BCUT2D eigenvalue weighted by Gasteiger charge is 2.05. The van der Waals surface area contributed by atoms with Crippen molar-refractivity contribution < 1.29 is 4.39 Å². The molecule has 98 valence electrons. The van der Waals surface area contributed by atoms with E-state index in [1.807, 2.05) is 12.3 Å². The highest BCUT2D eigenvalue weighted by atomic mass is 32.1. The molecule has 0 N–H and O–H groups in total. The number of hydrogen-bond acceptors (Lipinski definition) is 3. The SMILES string of the molecule is Cc1nc(CCc2ccc(CN=[N+]=[N-])cc2F)cs1. The van der Waals surface area contributed by atoms with Crippen molar-refractivity contribution in [2.45, 2.75) is 26.3 Å². The molecule has 0 aliphatic heterocycles. The molecule has 0 amide bonds. The number of rotatable bonds is 5. The van der Waals surface area contributed by atoms with Crippen LogP contribution in [0.4, 0.5) is 4.39 Å². The maximum absolute atomic E-state index is 13.8. The molecule has 0 saturated heterocycles. The van der Waals surface area contributed by atoms with Crippen LogP contribution in [0.1, 0.15) is 21.8 Å². The summed E-state index contributed by atoms with van der Waals surface area (Å²) in [7, 11) is 0. The summed E-state index contributed by atoms with van der Waals surface area (Å²) in [5.74, 6) is -0.252. The van der Waals surface area contributed by atoms with Gasteiger partial charge >= 0.3 is 0 Å². The second kappa shape index (κ2) is 6.31. The first kappa shape index (κ1) is 13.5. The van der Waals surface area contributed by atoms with Crippen molar-refractivity contribution in [2.75, 3.05) is 0 Å². The lowest BCUT2D eigenvalue weighted by molar-refractivity contribution is 0.606. The van der Waals surface area contributed by atoms with Crippen molar-refractivity contribution in [3.8, 4) is 0 Å². The van der Waals surface area contributed by atoms with E-state index in [1.54, 1.807) is 23.5 Å². The van der Waals surface area contributed by atoms with Crippen LogP contribution in [0.3, 0.4) is 0 Å². The molecule has 0 unspecified atom stereocenters. The molecule has 2 aromatic rings. The second-order valence-electron chi connectivity index (χ2n) is 4.17. The van der Waals surface area contributed by atoms with Gasteiger partial charge in [-0.1, -0.05) is 17.2 Å². The molecule has 0 saturated carbocycles. The summed E-state index contributed by atoms with van der Waals surface area (Å²) in [5, 5.41) is 6.45. The van der Waals surface area contributed by atoms with Gasteiger partial charge in [-0.2, -0.15) is 0 Å². The van der Waals surface area contributed by atoms with Gasteiger partial charge in [-0.25, -0.2) is 9.37 Å². The van der Waals surface area contributed by atoms with Crippen LogP contribution < -0.4 is 0 Å². The molecule has 0 atom stereocenters. The topological polar surface area (TPSA) is 61.7 Å². The summed E-state index contributed by atoms with van der Waals surface area (Å²) < 4.78 is 13.8. The molecule has 1 heterocycles. The van der Waals surface area contributed by atoms with E-state index in [9.17, 15) is 4.39 Å². The molecule has 19 heavy (non-hydrogen) atoms. The third-order valence-electron chi connectivity index (χ3n) is 2.75. The zero-order valence-electron chi connectivity index (χ0n) is 10.5. The summed E-state index contributed by atoms with van der Waals surface area (Å²) in [4.78, 5) is 7.01. The van der Waals surface area contributed by atoms with Gasteiger partial charge in [-0.3, -0.25) is 0 Å². The van der Waals surface area contributed by atoms with Crippen LogP contribution in [0.15, 0.2) is 28.7 Å². The molecule has 1 aromatic carbocycles. The molecular formula is C13H13FN4S. The van der Waals surface area contributed by atoms with Crippen LogP contribution in [-0.2, 0) is 19.4 Å². The summed E-state index contributed by atoms with van der Waals surface area (Å²) in [6, 6.07) is 4.96. The minimum absolute atomic E-state index is 0.180. The van der Waals surface area contributed by atoms with Crippen LogP contribution in [0, 0.1) is 12.7 Å². The van der Waals surface area contributed by atoms with E-state index in [1.165, 1.54) is 6.07 Å². The predicted molar refractivity (Wildman–Crippen MR) is 73.5 cm³/mol. The van der Waals surface area contributed by atoms with Gasteiger partial charge in [0, 0.05) is 10.3 Å². The van der Waals surface area contributed by atoms with E-state index in [2.05, 4.69) is 15.0 Å². The molecule has 1 aromatic heterocycles. The molecule has 6 heteroatoms. The van der Waals surface area contributed by atoms with E-state index in [0.717, 1.165) is 17.1 Å². The smallest absolute Gasteiger partial charge is 0.126 e. The maximum Gasteiger partial charge on any atom is 0.126 e. The zero-order chi connectivity index (χ0) is 13.7. The Kier molecular flexibility index (Phi) is 4.49. The number of benzene rings is 1. The maximum atomic E-state index is 13.8. The average molecular weight is 276 g/mol. The molecule has 0 aliphatic rings. The quantitative estimate of drug-likeness (QED) is 0.459. The third-order valence-corrected chi connectivity index (χ3v) is 3.57. The number of nitrogens with zero attached hydrogens (tertiary/aromatic N) is 4. The van der Waals surface area contributed by atoms with Gasteiger partial charge in [0.1, 0.15) is 5.82 Å². The summed E-state index contributed by atoms with van der Waals surface area (Å²) in [6.45, 7) is 2.14. The highest BCUT2D eigenvalue weighted by molar-refractivity contribution is 7.09. The average Bonchev–Trinajstić information content (AvgIpc) is 2.81. The minimum Gasteiger partial charge on any atom is -0.247 e. The van der Waals surface area contributed by atoms with Crippen LogP contribution in [0.5, 0.6) is 0 Å². The third kappa shape index (κ3) is 3.77. The molecule has 4 nitrogen and oxygen atoms in total. The molecule has 0 fully saturated rings. The van der Waals surface area contributed by atoms with Gasteiger partial charge < -0.3 is 0 Å². The summed E-state index contributed by atoms with van der Waals surface area (Å²) >= 11 is 1.60. The van der Waals surface area contributed by atoms with Gasteiger partial charge in [-0.15, -0.1) is 11.3 Å². The van der Waals surface area contributed by atoms with Gasteiger partial charge in [0.15, 0.2) is 0 Å². The fourth-order valence-electron chi connectivity index (χ4n) is 1.79. The predicted octanol–water partition coefficient (Wildman–Crippen LogP) is 4.19. The summed E-state index contributed by atoms with van der Waals surface area (Å²) in [6.07, 6.45) is 1.35. The number of halogens is 1. The molecule has 2 rings (SSSR count). The molecule has 0 spiro atoms. The van der Waals surface area contributed by atoms with E-state index < -0.39 is 0 Å².